The molecule has 2 aromatic carbocycles. The summed E-state index contributed by atoms with van der Waals surface area (Å²) < 4.78 is 1.64. The molecule has 2 heterocycles. The van der Waals surface area contributed by atoms with Crippen LogP contribution in [-0.4, -0.2) is 32.3 Å². The molecule has 0 aliphatic heterocycles. The predicted octanol–water partition coefficient (Wildman–Crippen LogP) is 3.21. The fourth-order valence-electron chi connectivity index (χ4n) is 2.97. The van der Waals surface area contributed by atoms with E-state index in [9.17, 15) is 4.79 Å². The number of nitrogens with one attached hydrogen (secondary N) is 1. The SMILES string of the molecule is C[C@H](CNC(=O)/C=C/c1nnc2c3ccccc3cnn12)c1ccccc1. The van der Waals surface area contributed by atoms with Gasteiger partial charge in [-0.05, 0) is 17.6 Å². The number of hydrogen-bond acceptors (Lipinski definition) is 4. The second-order valence-corrected chi connectivity index (χ2v) is 6.42. The fraction of sp³-hybridized carbons (Fsp3) is 0.143. The van der Waals surface area contributed by atoms with Crippen molar-refractivity contribution in [3.63, 3.8) is 0 Å². The average Bonchev–Trinajstić information content (AvgIpc) is 3.14. The van der Waals surface area contributed by atoms with E-state index >= 15 is 0 Å². The molecule has 6 heteroatoms. The van der Waals surface area contributed by atoms with Gasteiger partial charge in [-0.2, -0.15) is 9.61 Å². The third kappa shape index (κ3) is 3.55. The molecule has 1 N–H and O–H groups in total. The molecule has 4 rings (SSSR count). The normalized spacial score (nSPS) is 12.6. The van der Waals surface area contributed by atoms with E-state index in [1.807, 2.05) is 42.5 Å². The number of rotatable bonds is 5. The molecule has 0 saturated carbocycles. The summed E-state index contributed by atoms with van der Waals surface area (Å²) in [6.07, 6.45) is 4.86. The van der Waals surface area contributed by atoms with Crippen molar-refractivity contribution in [2.75, 3.05) is 6.54 Å². The van der Waals surface area contributed by atoms with Crippen LogP contribution in [0.15, 0.2) is 66.9 Å². The van der Waals surface area contributed by atoms with Gasteiger partial charge >= 0.3 is 0 Å². The zero-order valence-corrected chi connectivity index (χ0v) is 14.9. The molecular weight excluding hydrogens is 338 g/mol. The Morgan fingerprint density at radius 2 is 1.89 bits per heavy atom. The zero-order chi connectivity index (χ0) is 18.6. The van der Waals surface area contributed by atoms with E-state index in [-0.39, 0.29) is 11.8 Å². The number of benzene rings is 2. The summed E-state index contributed by atoms with van der Waals surface area (Å²) in [5, 5.41) is 17.6. The quantitative estimate of drug-likeness (QED) is 0.557. The number of carbonyl (C=O) groups excluding carboxylic acids is 1. The highest BCUT2D eigenvalue weighted by molar-refractivity contribution is 5.94. The van der Waals surface area contributed by atoms with Crippen LogP contribution in [0.3, 0.4) is 0 Å². The number of fused-ring (bicyclic) bond motifs is 3. The zero-order valence-electron chi connectivity index (χ0n) is 14.9. The van der Waals surface area contributed by atoms with Crippen molar-refractivity contribution in [2.24, 2.45) is 0 Å². The van der Waals surface area contributed by atoms with Crippen molar-refractivity contribution >= 4 is 28.4 Å². The first-order valence-corrected chi connectivity index (χ1v) is 8.82. The number of carbonyl (C=O) groups is 1. The molecular formula is C21H19N5O. The molecule has 0 aliphatic rings. The van der Waals surface area contributed by atoms with Gasteiger partial charge in [0.05, 0.1) is 6.20 Å². The molecule has 0 saturated heterocycles. The van der Waals surface area contributed by atoms with Crippen molar-refractivity contribution in [3.8, 4) is 0 Å². The van der Waals surface area contributed by atoms with Crippen LogP contribution in [0, 0.1) is 0 Å². The van der Waals surface area contributed by atoms with Crippen LogP contribution in [0.1, 0.15) is 24.2 Å². The van der Waals surface area contributed by atoms with Crippen molar-refractivity contribution < 1.29 is 4.79 Å². The average molecular weight is 357 g/mol. The Kier molecular flexibility index (Phi) is 4.61. The summed E-state index contributed by atoms with van der Waals surface area (Å²) in [6, 6.07) is 18.0. The third-order valence-electron chi connectivity index (χ3n) is 4.51. The van der Waals surface area contributed by atoms with Gasteiger partial charge in [-0.15, -0.1) is 10.2 Å². The highest BCUT2D eigenvalue weighted by Gasteiger charge is 2.09. The van der Waals surface area contributed by atoms with Crippen LogP contribution in [0.25, 0.3) is 22.5 Å². The van der Waals surface area contributed by atoms with E-state index in [0.29, 0.717) is 18.0 Å². The van der Waals surface area contributed by atoms with Crippen molar-refractivity contribution in [1.29, 1.82) is 0 Å². The molecule has 0 unspecified atom stereocenters. The molecule has 0 fully saturated rings. The predicted molar refractivity (Wildman–Crippen MR) is 105 cm³/mol. The van der Waals surface area contributed by atoms with Crippen LogP contribution < -0.4 is 5.32 Å². The lowest BCUT2D eigenvalue weighted by Gasteiger charge is -2.11. The molecule has 6 nitrogen and oxygen atoms in total. The maximum Gasteiger partial charge on any atom is 0.244 e. The Balaban J connectivity index is 1.46. The van der Waals surface area contributed by atoms with Crippen LogP contribution in [0.4, 0.5) is 0 Å². The smallest absolute Gasteiger partial charge is 0.244 e. The van der Waals surface area contributed by atoms with Crippen LogP contribution >= 0.6 is 0 Å². The van der Waals surface area contributed by atoms with Gasteiger partial charge in [0.25, 0.3) is 0 Å². The molecule has 0 aliphatic carbocycles. The highest BCUT2D eigenvalue weighted by atomic mass is 16.1. The molecule has 134 valence electrons. The first kappa shape index (κ1) is 16.9. The second kappa shape index (κ2) is 7.37. The molecule has 1 amide bonds. The molecule has 4 aromatic rings. The Morgan fingerprint density at radius 3 is 2.74 bits per heavy atom. The second-order valence-electron chi connectivity index (χ2n) is 6.42. The van der Waals surface area contributed by atoms with E-state index in [2.05, 4.69) is 39.7 Å². The first-order chi connectivity index (χ1) is 13.2. The van der Waals surface area contributed by atoms with Crippen LogP contribution in [0.5, 0.6) is 0 Å². The summed E-state index contributed by atoms with van der Waals surface area (Å²) in [6.45, 7) is 2.65. The highest BCUT2D eigenvalue weighted by Crippen LogP contribution is 2.17. The Labute approximate surface area is 156 Å². The summed E-state index contributed by atoms with van der Waals surface area (Å²) in [5.74, 6) is 0.586. The number of amides is 1. The largest absolute Gasteiger partial charge is 0.352 e. The molecule has 0 spiro atoms. The number of aromatic nitrogens is 4. The van der Waals surface area contributed by atoms with E-state index in [1.165, 1.54) is 11.6 Å². The van der Waals surface area contributed by atoms with Crippen molar-refractivity contribution in [1.82, 2.24) is 25.1 Å². The van der Waals surface area contributed by atoms with Crippen LogP contribution in [0.2, 0.25) is 0 Å². The van der Waals surface area contributed by atoms with Gasteiger partial charge in [0, 0.05) is 23.4 Å². The van der Waals surface area contributed by atoms with Gasteiger partial charge in [0.2, 0.25) is 5.91 Å². The van der Waals surface area contributed by atoms with Crippen LogP contribution in [-0.2, 0) is 4.79 Å². The summed E-state index contributed by atoms with van der Waals surface area (Å²) in [7, 11) is 0. The van der Waals surface area contributed by atoms with E-state index in [0.717, 1.165) is 10.8 Å². The standard InChI is InChI=1S/C21H19N5O/c1-15(16-7-3-2-4-8-16)13-22-20(27)12-11-19-24-25-21-18-10-6-5-9-17(18)14-23-26(19)21/h2-12,14-15H,13H2,1H3,(H,22,27)/b12-11+/t15-/m1/s1. The lowest BCUT2D eigenvalue weighted by atomic mass is 10.0. The minimum atomic E-state index is -0.171. The van der Waals surface area contributed by atoms with Gasteiger partial charge in [-0.3, -0.25) is 4.79 Å². The van der Waals surface area contributed by atoms with Crippen molar-refractivity contribution in [3.05, 3.63) is 78.3 Å². The molecule has 0 radical (unpaired) electrons. The molecule has 2 aromatic heterocycles. The topological polar surface area (TPSA) is 72.2 Å². The van der Waals surface area contributed by atoms with Crippen molar-refractivity contribution in [2.45, 2.75) is 12.8 Å². The first-order valence-electron chi connectivity index (χ1n) is 8.82. The number of nitrogens with zero attached hydrogens (tertiary/aromatic N) is 4. The van der Waals surface area contributed by atoms with Gasteiger partial charge in [-0.25, -0.2) is 0 Å². The van der Waals surface area contributed by atoms with Gasteiger partial charge in [-0.1, -0.05) is 61.5 Å². The molecule has 0 bridgehead atoms. The van der Waals surface area contributed by atoms with Gasteiger partial charge < -0.3 is 5.32 Å². The Bertz CT molecular complexity index is 1120. The van der Waals surface area contributed by atoms with E-state index in [1.54, 1.807) is 16.8 Å². The minimum Gasteiger partial charge on any atom is -0.352 e. The summed E-state index contributed by atoms with van der Waals surface area (Å²) in [4.78, 5) is 12.1. The molecule has 27 heavy (non-hydrogen) atoms. The third-order valence-corrected chi connectivity index (χ3v) is 4.51. The molecule has 1 atom stereocenters. The number of hydrogen-bond donors (Lipinski definition) is 1. The van der Waals surface area contributed by atoms with Gasteiger partial charge in [0.1, 0.15) is 0 Å². The fourth-order valence-corrected chi connectivity index (χ4v) is 2.97. The lowest BCUT2D eigenvalue weighted by molar-refractivity contribution is -0.116. The maximum atomic E-state index is 12.1. The Morgan fingerprint density at radius 1 is 1.11 bits per heavy atom. The van der Waals surface area contributed by atoms with E-state index < -0.39 is 0 Å². The van der Waals surface area contributed by atoms with Gasteiger partial charge in [0.15, 0.2) is 11.5 Å². The Hall–Kier alpha value is -3.54. The maximum absolute atomic E-state index is 12.1. The summed E-state index contributed by atoms with van der Waals surface area (Å²) >= 11 is 0. The lowest BCUT2D eigenvalue weighted by Crippen LogP contribution is -2.25. The monoisotopic (exact) mass is 357 g/mol. The minimum absolute atomic E-state index is 0.171. The van der Waals surface area contributed by atoms with E-state index in [4.69, 9.17) is 0 Å². The summed E-state index contributed by atoms with van der Waals surface area (Å²) in [5.41, 5.74) is 1.87.